The van der Waals surface area contributed by atoms with Crippen molar-refractivity contribution in [2.45, 2.75) is 6.61 Å². The van der Waals surface area contributed by atoms with Crippen molar-refractivity contribution in [2.24, 2.45) is 0 Å². The fraction of sp³-hybridized carbons (Fsp3) is 0.0625. The van der Waals surface area contributed by atoms with Gasteiger partial charge in [0.05, 0.1) is 23.5 Å². The fourth-order valence-electron chi connectivity index (χ4n) is 2.48. The average molecular weight is 318 g/mol. The largest absolute Gasteiger partial charge is 0.508 e. The van der Waals surface area contributed by atoms with E-state index in [9.17, 15) is 23.8 Å². The third-order valence-corrected chi connectivity index (χ3v) is 3.56. The summed E-state index contributed by atoms with van der Waals surface area (Å²) < 4.78 is 29.0. The number of nitrogens with zero attached hydrogens (tertiary/aromatic N) is 1. The van der Waals surface area contributed by atoms with Crippen molar-refractivity contribution in [1.29, 1.82) is 0 Å². The van der Waals surface area contributed by atoms with E-state index < -0.39 is 23.8 Å². The van der Waals surface area contributed by atoms with E-state index in [2.05, 4.69) is 0 Å². The Morgan fingerprint density at radius 3 is 2.57 bits per heavy atom. The van der Waals surface area contributed by atoms with E-state index in [0.717, 1.165) is 22.8 Å². The molecule has 0 bridgehead atoms. The number of halogens is 2. The molecule has 1 heterocycles. The minimum Gasteiger partial charge on any atom is -0.508 e. The van der Waals surface area contributed by atoms with Gasteiger partial charge in [-0.15, -0.1) is 0 Å². The molecule has 23 heavy (non-hydrogen) atoms. The van der Waals surface area contributed by atoms with Crippen molar-refractivity contribution >= 4 is 16.6 Å². The van der Waals surface area contributed by atoms with E-state index in [-0.39, 0.29) is 33.6 Å². The Labute approximate surface area is 128 Å². The Hall–Kier alpha value is -2.93. The van der Waals surface area contributed by atoms with Crippen molar-refractivity contribution in [2.75, 3.05) is 5.73 Å². The number of aromatic nitrogens is 1. The quantitative estimate of drug-likeness (QED) is 0.498. The van der Waals surface area contributed by atoms with E-state index in [1.54, 1.807) is 0 Å². The van der Waals surface area contributed by atoms with Gasteiger partial charge in [-0.05, 0) is 24.3 Å². The number of nitrogen functional groups attached to an aromatic ring is 1. The first kappa shape index (κ1) is 15.0. The molecule has 0 aliphatic carbocycles. The van der Waals surface area contributed by atoms with Crippen molar-refractivity contribution in [3.63, 3.8) is 0 Å². The summed E-state index contributed by atoms with van der Waals surface area (Å²) in [5, 5.41) is 19.2. The molecule has 4 N–H and O–H groups in total. The summed E-state index contributed by atoms with van der Waals surface area (Å²) in [4.78, 5) is 11.9. The molecule has 7 heteroatoms. The van der Waals surface area contributed by atoms with E-state index in [1.807, 2.05) is 0 Å². The number of rotatable bonds is 2. The second-order valence-corrected chi connectivity index (χ2v) is 5.03. The first-order valence-corrected chi connectivity index (χ1v) is 6.66. The summed E-state index contributed by atoms with van der Waals surface area (Å²) in [6.07, 6.45) is 0. The lowest BCUT2D eigenvalue weighted by Crippen LogP contribution is -2.13. The number of fused-ring (bicyclic) bond motifs is 1. The number of phenols is 1. The molecule has 0 saturated carbocycles. The minimum atomic E-state index is -0.922. The second kappa shape index (κ2) is 5.36. The second-order valence-electron chi connectivity index (χ2n) is 5.03. The molecule has 0 atom stereocenters. The smallest absolute Gasteiger partial charge is 0.202 e. The highest BCUT2D eigenvalue weighted by atomic mass is 19.1. The van der Waals surface area contributed by atoms with Crippen molar-refractivity contribution < 1.29 is 19.0 Å². The Kier molecular flexibility index (Phi) is 3.49. The highest BCUT2D eigenvalue weighted by molar-refractivity contribution is 5.82. The van der Waals surface area contributed by atoms with Crippen LogP contribution in [0.2, 0.25) is 0 Å². The predicted octanol–water partition coefficient (Wildman–Crippen LogP) is 2.05. The van der Waals surface area contributed by atoms with Crippen LogP contribution in [0.25, 0.3) is 16.6 Å². The van der Waals surface area contributed by atoms with Gasteiger partial charge < -0.3 is 15.9 Å². The zero-order valence-corrected chi connectivity index (χ0v) is 11.8. The normalized spacial score (nSPS) is 11.1. The third-order valence-electron chi connectivity index (χ3n) is 3.56. The van der Waals surface area contributed by atoms with Gasteiger partial charge >= 0.3 is 0 Å². The Bertz CT molecular complexity index is 983. The van der Waals surface area contributed by atoms with Gasteiger partial charge in [0.2, 0.25) is 5.95 Å². The summed E-state index contributed by atoms with van der Waals surface area (Å²) in [5.41, 5.74) is 4.99. The van der Waals surface area contributed by atoms with Crippen LogP contribution in [0.1, 0.15) is 5.56 Å². The highest BCUT2D eigenvalue weighted by Gasteiger charge is 2.16. The lowest BCUT2D eigenvalue weighted by atomic mass is 10.1. The number of phenolic OH excluding ortho intramolecular Hbond substituents is 1. The number of pyridine rings is 1. The summed E-state index contributed by atoms with van der Waals surface area (Å²) >= 11 is 0. The molecular formula is C16H12F2N2O3. The number of hydrogen-bond acceptors (Lipinski definition) is 4. The van der Waals surface area contributed by atoms with E-state index in [1.165, 1.54) is 18.2 Å². The maximum atomic E-state index is 14.4. The Morgan fingerprint density at radius 1 is 1.13 bits per heavy atom. The summed E-state index contributed by atoms with van der Waals surface area (Å²) in [7, 11) is 0. The van der Waals surface area contributed by atoms with Gasteiger partial charge in [0.15, 0.2) is 5.43 Å². The highest BCUT2D eigenvalue weighted by Crippen LogP contribution is 2.27. The molecule has 3 aromatic rings. The van der Waals surface area contributed by atoms with E-state index >= 15 is 0 Å². The van der Waals surface area contributed by atoms with Gasteiger partial charge in [-0.2, -0.15) is 4.39 Å². The Balaban J connectivity index is 2.48. The van der Waals surface area contributed by atoms with Crippen molar-refractivity contribution in [3.8, 4) is 11.4 Å². The molecule has 0 aliphatic rings. The first-order chi connectivity index (χ1) is 10.9. The maximum Gasteiger partial charge on any atom is 0.202 e. The monoisotopic (exact) mass is 318 g/mol. The fourth-order valence-corrected chi connectivity index (χ4v) is 2.48. The summed E-state index contributed by atoms with van der Waals surface area (Å²) in [5.74, 6) is -1.84. The molecule has 5 nitrogen and oxygen atoms in total. The number of benzene rings is 2. The zero-order chi connectivity index (χ0) is 16.7. The van der Waals surface area contributed by atoms with Crippen molar-refractivity contribution in [1.82, 2.24) is 4.57 Å². The molecular weight excluding hydrogens is 306 g/mol. The molecule has 3 rings (SSSR count). The van der Waals surface area contributed by atoms with Crippen LogP contribution in [-0.2, 0) is 6.61 Å². The maximum absolute atomic E-state index is 14.4. The van der Waals surface area contributed by atoms with E-state index in [4.69, 9.17) is 5.73 Å². The molecule has 0 aliphatic heterocycles. The van der Waals surface area contributed by atoms with Crippen LogP contribution in [0.5, 0.6) is 5.75 Å². The van der Waals surface area contributed by atoms with Gasteiger partial charge in [-0.25, -0.2) is 4.39 Å². The minimum absolute atomic E-state index is 0.0794. The van der Waals surface area contributed by atoms with Crippen LogP contribution in [0.15, 0.2) is 41.2 Å². The molecule has 0 radical (unpaired) electrons. The van der Waals surface area contributed by atoms with Crippen LogP contribution in [-0.4, -0.2) is 14.8 Å². The van der Waals surface area contributed by atoms with Gasteiger partial charge in [0, 0.05) is 23.1 Å². The van der Waals surface area contributed by atoms with Gasteiger partial charge in [0.1, 0.15) is 11.6 Å². The molecule has 0 amide bonds. The van der Waals surface area contributed by atoms with Crippen LogP contribution in [0, 0.1) is 11.8 Å². The number of aromatic hydroxyl groups is 1. The molecule has 0 spiro atoms. The molecule has 1 aromatic heterocycles. The topological polar surface area (TPSA) is 88.5 Å². The number of aliphatic hydroxyl groups excluding tert-OH is 1. The summed E-state index contributed by atoms with van der Waals surface area (Å²) in [6, 6.07) is 6.81. The van der Waals surface area contributed by atoms with Crippen LogP contribution in [0.3, 0.4) is 0 Å². The SMILES string of the molecule is Nc1cc(-n2c(F)cc(=O)c3ccc(O)cc32)c(CO)cc1F. The zero-order valence-electron chi connectivity index (χ0n) is 11.8. The molecule has 0 unspecified atom stereocenters. The van der Waals surface area contributed by atoms with Gasteiger partial charge in [-0.3, -0.25) is 9.36 Å². The average Bonchev–Trinajstić information content (AvgIpc) is 2.50. The lowest BCUT2D eigenvalue weighted by molar-refractivity contribution is 0.280. The lowest BCUT2D eigenvalue weighted by Gasteiger charge is -2.16. The predicted molar refractivity (Wildman–Crippen MR) is 81.5 cm³/mol. The Morgan fingerprint density at radius 2 is 1.87 bits per heavy atom. The third kappa shape index (κ3) is 2.40. The number of hydrogen-bond donors (Lipinski definition) is 3. The van der Waals surface area contributed by atoms with Gasteiger partial charge in [0.25, 0.3) is 0 Å². The first-order valence-electron chi connectivity index (χ1n) is 6.66. The number of nitrogens with two attached hydrogens (primary N) is 1. The molecule has 2 aromatic carbocycles. The molecule has 118 valence electrons. The number of aliphatic hydroxyl groups is 1. The van der Waals surface area contributed by atoms with Gasteiger partial charge in [-0.1, -0.05) is 0 Å². The van der Waals surface area contributed by atoms with Crippen molar-refractivity contribution in [3.05, 3.63) is 63.9 Å². The summed E-state index contributed by atoms with van der Waals surface area (Å²) in [6.45, 7) is -0.557. The van der Waals surface area contributed by atoms with Crippen LogP contribution >= 0.6 is 0 Å². The van der Waals surface area contributed by atoms with E-state index in [0.29, 0.717) is 0 Å². The van der Waals surface area contributed by atoms with Crippen LogP contribution < -0.4 is 11.2 Å². The molecule has 0 saturated heterocycles. The van der Waals surface area contributed by atoms with Crippen LogP contribution in [0.4, 0.5) is 14.5 Å². The molecule has 0 fully saturated rings. The number of anilines is 1. The standard InChI is InChI=1S/C16H12F2N2O3/c17-11-3-8(7-21)13(5-12(11)19)20-14-4-9(22)1-2-10(14)15(23)6-16(20)18/h1-6,21-22H,7,19H2.